The summed E-state index contributed by atoms with van der Waals surface area (Å²) in [6, 6.07) is 0. The quantitative estimate of drug-likeness (QED) is 0.200. The number of hydrogen-bond donors (Lipinski definition) is 2. The third-order valence-electron chi connectivity index (χ3n) is 5.93. The van der Waals surface area contributed by atoms with Crippen LogP contribution in [-0.4, -0.2) is 63.0 Å². The van der Waals surface area contributed by atoms with E-state index < -0.39 is 0 Å². The zero-order valence-electron chi connectivity index (χ0n) is 17.5. The molecule has 2 fully saturated rings. The molecule has 27 heavy (non-hydrogen) atoms. The van der Waals surface area contributed by atoms with Crippen molar-refractivity contribution in [2.24, 2.45) is 10.4 Å². The van der Waals surface area contributed by atoms with E-state index in [0.29, 0.717) is 5.41 Å². The third kappa shape index (κ3) is 8.26. The van der Waals surface area contributed by atoms with Crippen LogP contribution in [0, 0.1) is 5.41 Å². The van der Waals surface area contributed by atoms with Crippen LogP contribution < -0.4 is 10.6 Å². The van der Waals surface area contributed by atoms with Crippen LogP contribution in [0.4, 0.5) is 0 Å². The number of hydrogen-bond acceptors (Lipinski definition) is 4. The van der Waals surface area contributed by atoms with Gasteiger partial charge >= 0.3 is 0 Å². The van der Waals surface area contributed by atoms with Gasteiger partial charge in [0.15, 0.2) is 5.96 Å². The molecule has 1 heterocycles. The highest BCUT2D eigenvalue weighted by Crippen LogP contribution is 2.40. The standard InChI is InChI=1S/C20H39N3O2S.HI/c1-4-24-13-10-19(8-6-7-9-19)16-22-18(21-3)23-17-20(26-5-2)11-14-25-15-12-20;/h4-17H2,1-3H3,(H2,21,22,23);1H. The molecule has 2 aliphatic rings. The molecule has 2 rings (SSSR count). The summed E-state index contributed by atoms with van der Waals surface area (Å²) in [5, 5.41) is 7.23. The number of nitrogens with one attached hydrogen (secondary N) is 2. The van der Waals surface area contributed by atoms with Crippen LogP contribution >= 0.6 is 35.7 Å². The van der Waals surface area contributed by atoms with Crippen molar-refractivity contribution in [2.45, 2.75) is 63.5 Å². The summed E-state index contributed by atoms with van der Waals surface area (Å²) in [6.45, 7) is 9.72. The fourth-order valence-corrected chi connectivity index (χ4v) is 5.47. The van der Waals surface area contributed by atoms with Gasteiger partial charge in [0.1, 0.15) is 0 Å². The molecule has 0 aromatic carbocycles. The van der Waals surface area contributed by atoms with E-state index in [4.69, 9.17) is 9.47 Å². The maximum atomic E-state index is 5.63. The van der Waals surface area contributed by atoms with E-state index in [9.17, 15) is 0 Å². The van der Waals surface area contributed by atoms with Gasteiger partial charge in [0.2, 0.25) is 0 Å². The molecule has 0 amide bonds. The first kappa shape index (κ1) is 25.3. The summed E-state index contributed by atoms with van der Waals surface area (Å²) >= 11 is 2.07. The number of rotatable bonds is 10. The van der Waals surface area contributed by atoms with Crippen LogP contribution in [0.3, 0.4) is 0 Å². The van der Waals surface area contributed by atoms with Crippen molar-refractivity contribution in [3.05, 3.63) is 0 Å². The molecule has 1 aliphatic heterocycles. The average molecular weight is 514 g/mol. The molecule has 0 aromatic heterocycles. The summed E-state index contributed by atoms with van der Waals surface area (Å²) in [7, 11) is 1.88. The predicted molar refractivity (Wildman–Crippen MR) is 128 cm³/mol. The fraction of sp³-hybridized carbons (Fsp3) is 0.950. The minimum atomic E-state index is 0. The normalized spacial score (nSPS) is 21.5. The van der Waals surface area contributed by atoms with Crippen molar-refractivity contribution in [1.29, 1.82) is 0 Å². The Morgan fingerprint density at radius 1 is 1.07 bits per heavy atom. The highest BCUT2D eigenvalue weighted by Gasteiger charge is 2.35. The Kier molecular flexibility index (Phi) is 12.6. The Balaban J connectivity index is 0.00000364. The van der Waals surface area contributed by atoms with Gasteiger partial charge in [0.25, 0.3) is 0 Å². The summed E-state index contributed by atoms with van der Waals surface area (Å²) in [4.78, 5) is 4.47. The minimum Gasteiger partial charge on any atom is -0.382 e. The van der Waals surface area contributed by atoms with Crippen molar-refractivity contribution < 1.29 is 9.47 Å². The lowest BCUT2D eigenvalue weighted by Gasteiger charge is -2.37. The molecule has 0 bridgehead atoms. The largest absolute Gasteiger partial charge is 0.382 e. The maximum Gasteiger partial charge on any atom is 0.191 e. The van der Waals surface area contributed by atoms with E-state index in [1.165, 1.54) is 25.7 Å². The SMILES string of the molecule is CCOCCC1(CNC(=NC)NCC2(SCC)CCOCC2)CCCC1.I. The van der Waals surface area contributed by atoms with E-state index in [1.807, 2.05) is 7.05 Å². The molecule has 160 valence electrons. The van der Waals surface area contributed by atoms with Crippen LogP contribution in [0.25, 0.3) is 0 Å². The molecule has 7 heteroatoms. The summed E-state index contributed by atoms with van der Waals surface area (Å²) in [6.07, 6.45) is 8.68. The summed E-state index contributed by atoms with van der Waals surface area (Å²) in [5.41, 5.74) is 0.376. The number of thioether (sulfide) groups is 1. The Hall–Kier alpha value is 0.270. The average Bonchev–Trinajstić information content (AvgIpc) is 3.12. The minimum absolute atomic E-state index is 0. The van der Waals surface area contributed by atoms with Gasteiger partial charge in [-0.1, -0.05) is 19.8 Å². The third-order valence-corrected chi connectivity index (χ3v) is 7.39. The van der Waals surface area contributed by atoms with Crippen LogP contribution in [0.5, 0.6) is 0 Å². The van der Waals surface area contributed by atoms with Gasteiger partial charge in [-0.3, -0.25) is 4.99 Å². The zero-order chi connectivity index (χ0) is 18.7. The molecule has 0 unspecified atom stereocenters. The van der Waals surface area contributed by atoms with Gasteiger partial charge in [-0.15, -0.1) is 24.0 Å². The number of ether oxygens (including phenoxy) is 2. The molecule has 0 radical (unpaired) electrons. The number of aliphatic imine (C=N–C) groups is 1. The number of halogens is 1. The lowest BCUT2D eigenvalue weighted by molar-refractivity contribution is 0.0781. The predicted octanol–water partition coefficient (Wildman–Crippen LogP) is 4.06. The van der Waals surface area contributed by atoms with Gasteiger partial charge in [0.05, 0.1) is 0 Å². The van der Waals surface area contributed by atoms with Crippen molar-refractivity contribution in [3.8, 4) is 0 Å². The highest BCUT2D eigenvalue weighted by molar-refractivity contribution is 14.0. The van der Waals surface area contributed by atoms with Crippen LogP contribution in [-0.2, 0) is 9.47 Å². The molecule has 0 spiro atoms. The van der Waals surface area contributed by atoms with Crippen molar-refractivity contribution in [1.82, 2.24) is 10.6 Å². The Morgan fingerprint density at radius 3 is 2.33 bits per heavy atom. The number of nitrogens with zero attached hydrogens (tertiary/aromatic N) is 1. The highest BCUT2D eigenvalue weighted by atomic mass is 127. The molecular weight excluding hydrogens is 473 g/mol. The Bertz CT molecular complexity index is 420. The Morgan fingerprint density at radius 2 is 1.74 bits per heavy atom. The second kappa shape index (κ2) is 13.5. The van der Waals surface area contributed by atoms with E-state index >= 15 is 0 Å². The first-order valence-corrected chi connectivity index (χ1v) is 11.4. The van der Waals surface area contributed by atoms with E-state index in [2.05, 4.69) is 41.2 Å². The van der Waals surface area contributed by atoms with Crippen LogP contribution in [0.1, 0.15) is 58.8 Å². The summed E-state index contributed by atoms with van der Waals surface area (Å²) in [5.74, 6) is 2.09. The molecule has 0 aromatic rings. The number of guanidine groups is 1. The monoisotopic (exact) mass is 513 g/mol. The maximum absolute atomic E-state index is 5.63. The van der Waals surface area contributed by atoms with E-state index in [-0.39, 0.29) is 28.7 Å². The molecule has 5 nitrogen and oxygen atoms in total. The molecule has 1 saturated carbocycles. The molecule has 0 atom stereocenters. The van der Waals surface area contributed by atoms with Gasteiger partial charge in [-0.2, -0.15) is 11.8 Å². The lowest BCUT2D eigenvalue weighted by atomic mass is 9.83. The first-order chi connectivity index (χ1) is 12.7. The van der Waals surface area contributed by atoms with E-state index in [0.717, 1.165) is 70.5 Å². The van der Waals surface area contributed by atoms with Gasteiger partial charge in [-0.25, -0.2) is 0 Å². The van der Waals surface area contributed by atoms with Crippen LogP contribution in [0.15, 0.2) is 4.99 Å². The van der Waals surface area contributed by atoms with Crippen molar-refractivity contribution in [2.75, 3.05) is 52.3 Å². The van der Waals surface area contributed by atoms with E-state index in [1.54, 1.807) is 0 Å². The fourth-order valence-electron chi connectivity index (χ4n) is 4.23. The molecule has 1 saturated heterocycles. The second-order valence-electron chi connectivity index (χ2n) is 7.66. The lowest BCUT2D eigenvalue weighted by Crippen LogP contribution is -2.49. The zero-order valence-corrected chi connectivity index (χ0v) is 20.6. The van der Waals surface area contributed by atoms with Gasteiger partial charge in [0, 0.05) is 51.3 Å². The van der Waals surface area contributed by atoms with Gasteiger partial charge in [-0.05, 0) is 50.2 Å². The van der Waals surface area contributed by atoms with Crippen molar-refractivity contribution in [3.63, 3.8) is 0 Å². The van der Waals surface area contributed by atoms with Crippen molar-refractivity contribution >= 4 is 41.7 Å². The first-order valence-electron chi connectivity index (χ1n) is 10.4. The molecular formula is C20H40IN3O2S. The smallest absolute Gasteiger partial charge is 0.191 e. The van der Waals surface area contributed by atoms with Crippen LogP contribution in [0.2, 0.25) is 0 Å². The second-order valence-corrected chi connectivity index (χ2v) is 9.39. The molecule has 2 N–H and O–H groups in total. The topological polar surface area (TPSA) is 54.9 Å². The molecule has 1 aliphatic carbocycles. The Labute approximate surface area is 187 Å². The van der Waals surface area contributed by atoms with Gasteiger partial charge < -0.3 is 20.1 Å². The summed E-state index contributed by atoms with van der Waals surface area (Å²) < 4.78 is 11.5.